The van der Waals surface area contributed by atoms with Crippen LogP contribution in [-0.4, -0.2) is 13.4 Å². The molecule has 96 valence electrons. The molecular formula is C11H11ClN2O2S2. The van der Waals surface area contributed by atoms with Gasteiger partial charge >= 0.3 is 0 Å². The minimum absolute atomic E-state index is 0.00456. The van der Waals surface area contributed by atoms with E-state index in [2.05, 4.69) is 9.71 Å². The summed E-state index contributed by atoms with van der Waals surface area (Å²) in [6.07, 6.45) is 1.45. The third-order valence-corrected chi connectivity index (χ3v) is 5.36. The molecule has 1 N–H and O–H groups in total. The number of pyridine rings is 1. The van der Waals surface area contributed by atoms with Crippen LogP contribution in [0.4, 0.5) is 0 Å². The Kier molecular flexibility index (Phi) is 4.01. The molecule has 0 spiro atoms. The fourth-order valence-corrected chi connectivity index (χ4v) is 3.95. The molecule has 2 heterocycles. The van der Waals surface area contributed by atoms with Crippen molar-refractivity contribution in [2.45, 2.75) is 17.9 Å². The van der Waals surface area contributed by atoms with Crippen molar-refractivity contribution in [3.8, 4) is 0 Å². The highest BCUT2D eigenvalue weighted by molar-refractivity contribution is 7.89. The summed E-state index contributed by atoms with van der Waals surface area (Å²) in [5.41, 5.74) is 0. The number of hydrogen-bond donors (Lipinski definition) is 1. The number of nitrogens with zero attached hydrogens (tertiary/aromatic N) is 1. The van der Waals surface area contributed by atoms with Crippen LogP contribution >= 0.6 is 22.9 Å². The summed E-state index contributed by atoms with van der Waals surface area (Å²) in [6, 6.07) is 6.42. The highest BCUT2D eigenvalue weighted by atomic mass is 35.5. The Hall–Kier alpha value is -0.950. The largest absolute Gasteiger partial charge is 0.244 e. The molecule has 2 aromatic heterocycles. The first kappa shape index (κ1) is 13.5. The smallest absolute Gasteiger partial charge is 0.243 e. The van der Waals surface area contributed by atoms with E-state index in [-0.39, 0.29) is 16.1 Å². The number of hydrogen-bond acceptors (Lipinski definition) is 4. The van der Waals surface area contributed by atoms with Crippen LogP contribution in [0.2, 0.25) is 5.15 Å². The number of nitrogens with one attached hydrogen (secondary N) is 1. The number of halogens is 1. The minimum Gasteiger partial charge on any atom is -0.243 e. The molecule has 0 aliphatic rings. The molecule has 18 heavy (non-hydrogen) atoms. The fraction of sp³-hybridized carbons (Fsp3) is 0.182. The van der Waals surface area contributed by atoms with Gasteiger partial charge in [-0.3, -0.25) is 0 Å². The maximum absolute atomic E-state index is 12.1. The summed E-state index contributed by atoms with van der Waals surface area (Å²) in [5, 5.41) is 1.88. The Labute approximate surface area is 115 Å². The van der Waals surface area contributed by atoms with Gasteiger partial charge in [-0.15, -0.1) is 11.3 Å². The van der Waals surface area contributed by atoms with E-state index in [0.717, 1.165) is 4.88 Å². The molecule has 0 saturated heterocycles. The first-order valence-corrected chi connectivity index (χ1v) is 7.91. The lowest BCUT2D eigenvalue weighted by atomic mass is 10.3. The van der Waals surface area contributed by atoms with Crippen molar-refractivity contribution in [2.24, 2.45) is 0 Å². The van der Waals surface area contributed by atoms with Crippen molar-refractivity contribution in [3.05, 3.63) is 45.9 Å². The van der Waals surface area contributed by atoms with Crippen LogP contribution in [0.3, 0.4) is 0 Å². The average molecular weight is 303 g/mol. The zero-order valence-corrected chi connectivity index (χ0v) is 11.9. The van der Waals surface area contributed by atoms with E-state index in [4.69, 9.17) is 11.6 Å². The molecule has 0 aliphatic heterocycles. The van der Waals surface area contributed by atoms with E-state index in [1.54, 1.807) is 6.92 Å². The van der Waals surface area contributed by atoms with Gasteiger partial charge in [0, 0.05) is 11.1 Å². The molecule has 7 heteroatoms. The predicted octanol–water partition coefficient (Wildman–Crippen LogP) is 2.84. The zero-order chi connectivity index (χ0) is 13.2. The van der Waals surface area contributed by atoms with Crippen molar-refractivity contribution >= 4 is 33.0 Å². The van der Waals surface area contributed by atoms with E-state index in [1.807, 2.05) is 17.5 Å². The lowest BCUT2D eigenvalue weighted by molar-refractivity contribution is 0.568. The van der Waals surface area contributed by atoms with Crippen LogP contribution in [0.1, 0.15) is 17.8 Å². The second kappa shape index (κ2) is 5.36. The summed E-state index contributed by atoms with van der Waals surface area (Å²) in [5.74, 6) is 0. The Balaban J connectivity index is 2.26. The Morgan fingerprint density at radius 1 is 1.39 bits per heavy atom. The first-order valence-electron chi connectivity index (χ1n) is 5.17. The van der Waals surface area contributed by atoms with Gasteiger partial charge in [0.2, 0.25) is 10.0 Å². The van der Waals surface area contributed by atoms with Crippen molar-refractivity contribution in [1.29, 1.82) is 0 Å². The third-order valence-electron chi connectivity index (χ3n) is 2.32. The molecule has 0 aliphatic carbocycles. The van der Waals surface area contributed by atoms with Gasteiger partial charge in [0.05, 0.1) is 6.04 Å². The summed E-state index contributed by atoms with van der Waals surface area (Å²) in [4.78, 5) is 4.70. The third kappa shape index (κ3) is 2.89. The molecule has 0 radical (unpaired) electrons. The van der Waals surface area contributed by atoms with Crippen LogP contribution in [-0.2, 0) is 10.0 Å². The predicted molar refractivity (Wildman–Crippen MR) is 72.3 cm³/mol. The standard InChI is InChI=1S/C11H11ClN2O2S2/c1-8(9-4-3-7-17-9)14-18(15,16)10-5-2-6-13-11(10)12/h2-8,14H,1H3. The second-order valence-electron chi connectivity index (χ2n) is 3.65. The average Bonchev–Trinajstić information content (AvgIpc) is 2.82. The molecule has 0 fully saturated rings. The van der Waals surface area contributed by atoms with E-state index >= 15 is 0 Å². The van der Waals surface area contributed by atoms with Crippen LogP contribution in [0, 0.1) is 0 Å². The lowest BCUT2D eigenvalue weighted by Gasteiger charge is -2.13. The van der Waals surface area contributed by atoms with Crippen molar-refractivity contribution in [2.75, 3.05) is 0 Å². The van der Waals surface area contributed by atoms with E-state index in [9.17, 15) is 8.42 Å². The maximum Gasteiger partial charge on any atom is 0.244 e. The number of thiophene rings is 1. The molecule has 2 rings (SSSR count). The van der Waals surface area contributed by atoms with E-state index in [1.165, 1.54) is 29.7 Å². The second-order valence-corrected chi connectivity index (χ2v) is 6.67. The summed E-state index contributed by atoms with van der Waals surface area (Å²) in [7, 11) is -3.65. The van der Waals surface area contributed by atoms with Gasteiger partial charge in [0.1, 0.15) is 10.0 Å². The molecule has 4 nitrogen and oxygen atoms in total. The maximum atomic E-state index is 12.1. The normalized spacial score (nSPS) is 13.4. The highest BCUT2D eigenvalue weighted by Crippen LogP contribution is 2.23. The quantitative estimate of drug-likeness (QED) is 0.884. The molecule has 0 bridgehead atoms. The summed E-state index contributed by atoms with van der Waals surface area (Å²) < 4.78 is 26.8. The summed E-state index contributed by atoms with van der Waals surface area (Å²) >= 11 is 7.28. The number of sulfonamides is 1. The highest BCUT2D eigenvalue weighted by Gasteiger charge is 2.21. The van der Waals surface area contributed by atoms with Crippen molar-refractivity contribution in [3.63, 3.8) is 0 Å². The topological polar surface area (TPSA) is 59.1 Å². The van der Waals surface area contributed by atoms with E-state index in [0.29, 0.717) is 0 Å². The molecule has 1 atom stereocenters. The van der Waals surface area contributed by atoms with Crippen LogP contribution in [0.5, 0.6) is 0 Å². The molecular weight excluding hydrogens is 292 g/mol. The van der Waals surface area contributed by atoms with Gasteiger partial charge in [0.15, 0.2) is 0 Å². The van der Waals surface area contributed by atoms with Gasteiger partial charge < -0.3 is 0 Å². The summed E-state index contributed by atoms with van der Waals surface area (Å²) in [6.45, 7) is 1.79. The van der Waals surface area contributed by atoms with Gasteiger partial charge in [-0.25, -0.2) is 18.1 Å². The van der Waals surface area contributed by atoms with Crippen molar-refractivity contribution < 1.29 is 8.42 Å². The fourth-order valence-electron chi connectivity index (χ4n) is 1.46. The van der Waals surface area contributed by atoms with Crippen molar-refractivity contribution in [1.82, 2.24) is 9.71 Å². The molecule has 1 unspecified atom stereocenters. The molecule has 2 aromatic rings. The number of aromatic nitrogens is 1. The Bertz CT molecular complexity index is 626. The monoisotopic (exact) mass is 302 g/mol. The van der Waals surface area contributed by atoms with E-state index < -0.39 is 10.0 Å². The minimum atomic E-state index is -3.65. The first-order chi connectivity index (χ1) is 8.50. The molecule has 0 aromatic carbocycles. The molecule has 0 amide bonds. The number of rotatable bonds is 4. The van der Waals surface area contributed by atoms with Gasteiger partial charge in [-0.2, -0.15) is 0 Å². The van der Waals surface area contributed by atoms with Crippen LogP contribution in [0.15, 0.2) is 40.7 Å². The Morgan fingerprint density at radius 3 is 2.78 bits per heavy atom. The van der Waals surface area contributed by atoms with Gasteiger partial charge in [0.25, 0.3) is 0 Å². The van der Waals surface area contributed by atoms with Crippen LogP contribution < -0.4 is 4.72 Å². The zero-order valence-electron chi connectivity index (χ0n) is 9.50. The van der Waals surface area contributed by atoms with Gasteiger partial charge in [-0.05, 0) is 30.5 Å². The Morgan fingerprint density at radius 2 is 2.17 bits per heavy atom. The van der Waals surface area contributed by atoms with Gasteiger partial charge in [-0.1, -0.05) is 17.7 Å². The SMILES string of the molecule is CC(NS(=O)(=O)c1cccnc1Cl)c1cccs1. The molecule has 0 saturated carbocycles. The van der Waals surface area contributed by atoms with Crippen LogP contribution in [0.25, 0.3) is 0 Å². The lowest BCUT2D eigenvalue weighted by Crippen LogP contribution is -2.26.